The number of nitrogens with one attached hydrogen (secondary N) is 1. The Balaban J connectivity index is 2.22. The van der Waals surface area contributed by atoms with Gasteiger partial charge in [-0.05, 0) is 6.92 Å². The Bertz CT molecular complexity index is 502. The summed E-state index contributed by atoms with van der Waals surface area (Å²) in [4.78, 5) is 0. The molecule has 0 bridgehead atoms. The van der Waals surface area contributed by atoms with Gasteiger partial charge in [0, 0.05) is 30.4 Å². The van der Waals surface area contributed by atoms with E-state index in [1.165, 1.54) is 0 Å². The van der Waals surface area contributed by atoms with E-state index in [2.05, 4.69) is 15.6 Å². The van der Waals surface area contributed by atoms with Crippen molar-refractivity contribution in [3.8, 4) is 11.5 Å². The number of aryl methyl sites for hydroxylation is 1. The average Bonchev–Trinajstić information content (AvgIpc) is 2.85. The van der Waals surface area contributed by atoms with Gasteiger partial charge < -0.3 is 14.8 Å². The van der Waals surface area contributed by atoms with E-state index in [-0.39, 0.29) is 0 Å². The van der Waals surface area contributed by atoms with Gasteiger partial charge in [0.2, 0.25) is 0 Å². The third kappa shape index (κ3) is 2.71. The fourth-order valence-corrected chi connectivity index (χ4v) is 1.54. The van der Waals surface area contributed by atoms with Crippen molar-refractivity contribution in [2.45, 2.75) is 13.5 Å². The second kappa shape index (κ2) is 5.39. The van der Waals surface area contributed by atoms with Gasteiger partial charge in [-0.3, -0.25) is 4.68 Å². The van der Waals surface area contributed by atoms with E-state index in [1.807, 2.05) is 31.3 Å². The summed E-state index contributed by atoms with van der Waals surface area (Å²) in [5.74, 6) is 2.13. The Hall–Kier alpha value is -2.24. The molecule has 2 rings (SSSR count). The topological polar surface area (TPSA) is 61.2 Å². The molecule has 0 aliphatic rings. The fraction of sp³-hybridized carbons (Fsp3) is 0.333. The van der Waals surface area contributed by atoms with Crippen molar-refractivity contribution in [2.24, 2.45) is 0 Å². The first-order valence-electron chi connectivity index (χ1n) is 5.65. The van der Waals surface area contributed by atoms with E-state index in [0.717, 1.165) is 23.7 Å². The van der Waals surface area contributed by atoms with Crippen LogP contribution in [0.4, 0.5) is 11.5 Å². The van der Waals surface area contributed by atoms with Crippen molar-refractivity contribution in [3.63, 3.8) is 0 Å². The normalized spacial score (nSPS) is 10.2. The molecular weight excluding hydrogens is 232 g/mol. The number of hydrogen-bond acceptors (Lipinski definition) is 5. The lowest BCUT2D eigenvalue weighted by atomic mass is 10.3. The van der Waals surface area contributed by atoms with Crippen LogP contribution in [0.3, 0.4) is 0 Å². The third-order valence-electron chi connectivity index (χ3n) is 2.49. The highest BCUT2D eigenvalue weighted by atomic mass is 16.5. The Morgan fingerprint density at radius 3 is 2.33 bits per heavy atom. The number of benzene rings is 1. The van der Waals surface area contributed by atoms with Crippen LogP contribution in [0, 0.1) is 0 Å². The Morgan fingerprint density at radius 2 is 1.83 bits per heavy atom. The van der Waals surface area contributed by atoms with Gasteiger partial charge in [0.25, 0.3) is 0 Å². The van der Waals surface area contributed by atoms with Crippen molar-refractivity contribution in [1.82, 2.24) is 15.0 Å². The Kier molecular flexibility index (Phi) is 3.66. The molecule has 0 aliphatic carbocycles. The Labute approximate surface area is 106 Å². The van der Waals surface area contributed by atoms with Gasteiger partial charge >= 0.3 is 0 Å². The maximum absolute atomic E-state index is 5.20. The van der Waals surface area contributed by atoms with Crippen molar-refractivity contribution >= 4 is 11.5 Å². The summed E-state index contributed by atoms with van der Waals surface area (Å²) >= 11 is 0. The molecule has 6 heteroatoms. The molecule has 18 heavy (non-hydrogen) atoms. The third-order valence-corrected chi connectivity index (χ3v) is 2.49. The molecule has 0 spiro atoms. The molecule has 0 unspecified atom stereocenters. The van der Waals surface area contributed by atoms with Crippen molar-refractivity contribution in [3.05, 3.63) is 24.4 Å². The van der Waals surface area contributed by atoms with Gasteiger partial charge in [0.1, 0.15) is 11.5 Å². The van der Waals surface area contributed by atoms with E-state index in [0.29, 0.717) is 5.82 Å². The predicted molar refractivity (Wildman–Crippen MR) is 68.5 cm³/mol. The summed E-state index contributed by atoms with van der Waals surface area (Å²) < 4.78 is 12.2. The van der Waals surface area contributed by atoms with Gasteiger partial charge in [-0.1, -0.05) is 5.21 Å². The van der Waals surface area contributed by atoms with Crippen LogP contribution in [0.5, 0.6) is 11.5 Å². The van der Waals surface area contributed by atoms with Gasteiger partial charge in [0.05, 0.1) is 20.4 Å². The van der Waals surface area contributed by atoms with Crippen LogP contribution in [-0.2, 0) is 6.54 Å². The number of methoxy groups -OCH3 is 2. The largest absolute Gasteiger partial charge is 0.497 e. The highest BCUT2D eigenvalue weighted by Gasteiger charge is 2.04. The summed E-state index contributed by atoms with van der Waals surface area (Å²) in [5.41, 5.74) is 0.842. The van der Waals surface area contributed by atoms with Crippen molar-refractivity contribution < 1.29 is 9.47 Å². The van der Waals surface area contributed by atoms with Gasteiger partial charge in [-0.15, -0.1) is 5.10 Å². The highest BCUT2D eigenvalue weighted by Crippen LogP contribution is 2.27. The lowest BCUT2D eigenvalue weighted by molar-refractivity contribution is 0.395. The van der Waals surface area contributed by atoms with Crippen LogP contribution < -0.4 is 14.8 Å². The van der Waals surface area contributed by atoms with Crippen LogP contribution in [-0.4, -0.2) is 29.2 Å². The molecule has 0 saturated carbocycles. The van der Waals surface area contributed by atoms with E-state index < -0.39 is 0 Å². The van der Waals surface area contributed by atoms with E-state index in [9.17, 15) is 0 Å². The quantitative estimate of drug-likeness (QED) is 0.877. The zero-order chi connectivity index (χ0) is 13.0. The standard InChI is InChI=1S/C12H16N4O2/c1-4-16-8-12(14-15-16)13-9-5-10(17-2)7-11(6-9)18-3/h5-8,13H,4H2,1-3H3. The lowest BCUT2D eigenvalue weighted by Gasteiger charge is -2.08. The molecule has 1 aromatic carbocycles. The minimum absolute atomic E-state index is 0.687. The molecule has 0 aliphatic heterocycles. The first kappa shape index (κ1) is 12.2. The molecule has 2 aromatic rings. The first-order valence-corrected chi connectivity index (χ1v) is 5.65. The number of anilines is 2. The van der Waals surface area contributed by atoms with E-state index in [1.54, 1.807) is 18.9 Å². The van der Waals surface area contributed by atoms with Gasteiger partial charge in [-0.2, -0.15) is 0 Å². The fourth-order valence-electron chi connectivity index (χ4n) is 1.54. The molecule has 6 nitrogen and oxygen atoms in total. The SMILES string of the molecule is CCn1cc(Nc2cc(OC)cc(OC)c2)nn1. The summed E-state index contributed by atoms with van der Waals surface area (Å²) in [6.07, 6.45) is 1.84. The predicted octanol–water partition coefficient (Wildman–Crippen LogP) is 2.06. The molecule has 0 amide bonds. The van der Waals surface area contributed by atoms with Crippen molar-refractivity contribution in [2.75, 3.05) is 19.5 Å². The maximum Gasteiger partial charge on any atom is 0.172 e. The number of rotatable bonds is 5. The minimum Gasteiger partial charge on any atom is -0.497 e. The van der Waals surface area contributed by atoms with Gasteiger partial charge in [-0.25, -0.2) is 0 Å². The zero-order valence-electron chi connectivity index (χ0n) is 10.7. The van der Waals surface area contributed by atoms with Crippen LogP contribution in [0.1, 0.15) is 6.92 Å². The number of hydrogen-bond donors (Lipinski definition) is 1. The lowest BCUT2D eigenvalue weighted by Crippen LogP contribution is -1.94. The average molecular weight is 248 g/mol. The van der Waals surface area contributed by atoms with Crippen molar-refractivity contribution in [1.29, 1.82) is 0 Å². The molecule has 96 valence electrons. The second-order valence-corrected chi connectivity index (χ2v) is 3.69. The molecule has 0 radical (unpaired) electrons. The van der Waals surface area contributed by atoms with Crippen LogP contribution in [0.25, 0.3) is 0 Å². The highest BCUT2D eigenvalue weighted by molar-refractivity contribution is 5.60. The van der Waals surface area contributed by atoms with E-state index >= 15 is 0 Å². The molecule has 0 atom stereocenters. The number of aromatic nitrogens is 3. The monoisotopic (exact) mass is 248 g/mol. The Morgan fingerprint density at radius 1 is 1.17 bits per heavy atom. The smallest absolute Gasteiger partial charge is 0.172 e. The minimum atomic E-state index is 0.687. The molecule has 1 N–H and O–H groups in total. The van der Waals surface area contributed by atoms with Crippen LogP contribution in [0.2, 0.25) is 0 Å². The molecule has 0 fully saturated rings. The summed E-state index contributed by atoms with van der Waals surface area (Å²) in [5, 5.41) is 11.1. The number of nitrogens with zero attached hydrogens (tertiary/aromatic N) is 3. The van der Waals surface area contributed by atoms with E-state index in [4.69, 9.17) is 9.47 Å². The first-order chi connectivity index (χ1) is 8.75. The second-order valence-electron chi connectivity index (χ2n) is 3.69. The summed E-state index contributed by atoms with van der Waals surface area (Å²) in [6, 6.07) is 5.55. The molecule has 0 saturated heterocycles. The molecule has 1 aromatic heterocycles. The summed E-state index contributed by atoms with van der Waals surface area (Å²) in [6.45, 7) is 2.79. The van der Waals surface area contributed by atoms with Crippen LogP contribution in [0.15, 0.2) is 24.4 Å². The van der Waals surface area contributed by atoms with Gasteiger partial charge in [0.15, 0.2) is 5.82 Å². The molecule has 1 heterocycles. The number of ether oxygens (including phenoxy) is 2. The van der Waals surface area contributed by atoms with Crippen LogP contribution >= 0.6 is 0 Å². The summed E-state index contributed by atoms with van der Waals surface area (Å²) in [7, 11) is 3.23. The zero-order valence-corrected chi connectivity index (χ0v) is 10.7. The molecular formula is C12H16N4O2. The maximum atomic E-state index is 5.20.